The SMILES string of the molecule is NC(CNC(=O)CCn1cnc2sc3c(c2c1=O)CCCC3)C1CC1. The third-order valence-corrected chi connectivity index (χ3v) is 6.48. The highest BCUT2D eigenvalue weighted by molar-refractivity contribution is 7.18. The second-order valence-electron chi connectivity index (χ2n) is 7.19. The van der Waals surface area contributed by atoms with E-state index in [0.717, 1.165) is 29.5 Å². The average Bonchev–Trinajstić information content (AvgIpc) is 3.39. The van der Waals surface area contributed by atoms with E-state index in [4.69, 9.17) is 5.73 Å². The fourth-order valence-corrected chi connectivity index (χ4v) is 4.79. The van der Waals surface area contributed by atoms with Gasteiger partial charge in [0.15, 0.2) is 0 Å². The van der Waals surface area contributed by atoms with E-state index in [9.17, 15) is 9.59 Å². The molecule has 1 unspecified atom stereocenters. The predicted octanol–water partition coefficient (Wildman–Crippen LogP) is 1.58. The molecule has 1 amide bonds. The number of hydrogen-bond donors (Lipinski definition) is 2. The number of carbonyl (C=O) groups is 1. The summed E-state index contributed by atoms with van der Waals surface area (Å²) in [5.41, 5.74) is 7.18. The summed E-state index contributed by atoms with van der Waals surface area (Å²) in [7, 11) is 0. The molecule has 0 bridgehead atoms. The van der Waals surface area contributed by atoms with Crippen molar-refractivity contribution in [3.8, 4) is 0 Å². The van der Waals surface area contributed by atoms with Crippen LogP contribution in [-0.4, -0.2) is 28.0 Å². The fraction of sp³-hybridized carbons (Fsp3) is 0.611. The molecule has 1 atom stereocenters. The molecule has 0 spiro atoms. The Morgan fingerprint density at radius 1 is 1.40 bits per heavy atom. The van der Waals surface area contributed by atoms with Crippen molar-refractivity contribution < 1.29 is 4.79 Å². The molecular formula is C18H24N4O2S. The largest absolute Gasteiger partial charge is 0.354 e. The van der Waals surface area contributed by atoms with Gasteiger partial charge in [-0.1, -0.05) is 0 Å². The van der Waals surface area contributed by atoms with Crippen LogP contribution in [0.2, 0.25) is 0 Å². The average molecular weight is 360 g/mol. The maximum absolute atomic E-state index is 12.8. The number of fused-ring (bicyclic) bond motifs is 3. The van der Waals surface area contributed by atoms with Gasteiger partial charge in [0.2, 0.25) is 5.91 Å². The van der Waals surface area contributed by atoms with Crippen molar-refractivity contribution in [1.82, 2.24) is 14.9 Å². The molecule has 4 rings (SSSR count). The number of thiophene rings is 1. The molecule has 0 saturated heterocycles. The first kappa shape index (κ1) is 16.7. The Hall–Kier alpha value is -1.73. The first-order chi connectivity index (χ1) is 12.1. The summed E-state index contributed by atoms with van der Waals surface area (Å²) >= 11 is 1.65. The monoisotopic (exact) mass is 360 g/mol. The minimum atomic E-state index is -0.0598. The Morgan fingerprint density at radius 2 is 2.20 bits per heavy atom. The van der Waals surface area contributed by atoms with Gasteiger partial charge in [-0.2, -0.15) is 0 Å². The summed E-state index contributed by atoms with van der Waals surface area (Å²) in [4.78, 5) is 31.5. The quantitative estimate of drug-likeness (QED) is 0.818. The van der Waals surface area contributed by atoms with Crippen LogP contribution in [0.15, 0.2) is 11.1 Å². The Labute approximate surface area is 150 Å². The number of nitrogens with zero attached hydrogens (tertiary/aromatic N) is 2. The fourth-order valence-electron chi connectivity index (χ4n) is 3.57. The minimum Gasteiger partial charge on any atom is -0.354 e. The molecule has 2 aromatic heterocycles. The summed E-state index contributed by atoms with van der Waals surface area (Å²) in [5.74, 6) is 0.509. The number of aryl methyl sites for hydroxylation is 3. The highest BCUT2D eigenvalue weighted by Crippen LogP contribution is 2.33. The van der Waals surface area contributed by atoms with Crippen LogP contribution in [0.4, 0.5) is 0 Å². The zero-order valence-electron chi connectivity index (χ0n) is 14.3. The molecule has 2 aliphatic carbocycles. The molecule has 25 heavy (non-hydrogen) atoms. The van der Waals surface area contributed by atoms with Gasteiger partial charge < -0.3 is 11.1 Å². The molecule has 3 N–H and O–H groups in total. The van der Waals surface area contributed by atoms with E-state index in [2.05, 4.69) is 10.3 Å². The predicted molar refractivity (Wildman–Crippen MR) is 98.8 cm³/mol. The lowest BCUT2D eigenvalue weighted by atomic mass is 9.97. The van der Waals surface area contributed by atoms with Crippen molar-refractivity contribution in [1.29, 1.82) is 0 Å². The first-order valence-electron chi connectivity index (χ1n) is 9.15. The number of aromatic nitrogens is 2. The topological polar surface area (TPSA) is 90.0 Å². The first-order valence-corrected chi connectivity index (χ1v) is 9.97. The van der Waals surface area contributed by atoms with Crippen LogP contribution in [-0.2, 0) is 24.2 Å². The van der Waals surface area contributed by atoms with E-state index in [1.807, 2.05) is 0 Å². The molecule has 2 heterocycles. The van der Waals surface area contributed by atoms with Crippen molar-refractivity contribution >= 4 is 27.5 Å². The summed E-state index contributed by atoms with van der Waals surface area (Å²) < 4.78 is 1.57. The summed E-state index contributed by atoms with van der Waals surface area (Å²) in [6, 6.07) is 0.0574. The van der Waals surface area contributed by atoms with Crippen LogP contribution >= 0.6 is 11.3 Å². The molecule has 6 nitrogen and oxygen atoms in total. The van der Waals surface area contributed by atoms with Gasteiger partial charge >= 0.3 is 0 Å². The number of carbonyl (C=O) groups excluding carboxylic acids is 1. The van der Waals surface area contributed by atoms with E-state index in [1.165, 1.54) is 29.7 Å². The summed E-state index contributed by atoms with van der Waals surface area (Å²) in [6.07, 6.45) is 8.54. The summed E-state index contributed by atoms with van der Waals surface area (Å²) in [5, 5.41) is 3.65. The van der Waals surface area contributed by atoms with E-state index in [1.54, 1.807) is 22.2 Å². The van der Waals surface area contributed by atoms with Crippen molar-refractivity contribution in [2.24, 2.45) is 11.7 Å². The van der Waals surface area contributed by atoms with E-state index in [0.29, 0.717) is 19.0 Å². The van der Waals surface area contributed by atoms with Gasteiger partial charge in [-0.3, -0.25) is 14.2 Å². The highest BCUT2D eigenvalue weighted by atomic mass is 32.1. The lowest BCUT2D eigenvalue weighted by Crippen LogP contribution is -2.39. The van der Waals surface area contributed by atoms with Crippen LogP contribution in [0.1, 0.15) is 42.5 Å². The van der Waals surface area contributed by atoms with E-state index >= 15 is 0 Å². The minimum absolute atomic E-state index is 0.00752. The smallest absolute Gasteiger partial charge is 0.262 e. The third kappa shape index (κ3) is 3.48. The highest BCUT2D eigenvalue weighted by Gasteiger charge is 2.28. The second-order valence-corrected chi connectivity index (χ2v) is 8.27. The van der Waals surface area contributed by atoms with Crippen LogP contribution in [0.3, 0.4) is 0 Å². The molecule has 0 aromatic carbocycles. The maximum atomic E-state index is 12.8. The van der Waals surface area contributed by atoms with Gasteiger partial charge in [-0.15, -0.1) is 11.3 Å². The Kier molecular flexibility index (Phi) is 4.60. The Morgan fingerprint density at radius 3 is 3.00 bits per heavy atom. The molecule has 1 saturated carbocycles. The van der Waals surface area contributed by atoms with Gasteiger partial charge in [-0.05, 0) is 50.0 Å². The zero-order chi connectivity index (χ0) is 17.4. The number of nitrogens with two attached hydrogens (primary N) is 1. The van der Waals surface area contributed by atoms with Crippen LogP contribution in [0.5, 0.6) is 0 Å². The maximum Gasteiger partial charge on any atom is 0.262 e. The molecule has 134 valence electrons. The van der Waals surface area contributed by atoms with Crippen LogP contribution in [0.25, 0.3) is 10.2 Å². The van der Waals surface area contributed by atoms with Crippen LogP contribution < -0.4 is 16.6 Å². The zero-order valence-corrected chi connectivity index (χ0v) is 15.1. The number of hydrogen-bond acceptors (Lipinski definition) is 5. The van der Waals surface area contributed by atoms with Gasteiger partial charge in [0.25, 0.3) is 5.56 Å². The summed E-state index contributed by atoms with van der Waals surface area (Å²) in [6.45, 7) is 0.880. The Balaban J connectivity index is 1.43. The standard InChI is InChI=1S/C18H24N4O2S/c19-13(11-5-6-11)9-20-15(23)7-8-22-10-21-17-16(18(22)24)12-3-1-2-4-14(12)25-17/h10-11,13H,1-9,19H2,(H,20,23). The lowest BCUT2D eigenvalue weighted by Gasteiger charge is -2.12. The molecule has 2 aromatic rings. The number of nitrogens with one attached hydrogen (secondary N) is 1. The van der Waals surface area contributed by atoms with Gasteiger partial charge in [0, 0.05) is 30.4 Å². The van der Waals surface area contributed by atoms with Gasteiger partial charge in [0.05, 0.1) is 11.7 Å². The Bertz CT molecular complexity index is 853. The molecule has 0 aliphatic heterocycles. The molecule has 7 heteroatoms. The van der Waals surface area contributed by atoms with Crippen molar-refractivity contribution in [3.05, 3.63) is 27.1 Å². The molecular weight excluding hydrogens is 336 g/mol. The normalized spacial score (nSPS) is 18.1. The third-order valence-electron chi connectivity index (χ3n) is 5.28. The lowest BCUT2D eigenvalue weighted by molar-refractivity contribution is -0.121. The number of amides is 1. The molecule has 0 radical (unpaired) electrons. The molecule has 1 fully saturated rings. The molecule has 2 aliphatic rings. The van der Waals surface area contributed by atoms with E-state index < -0.39 is 0 Å². The van der Waals surface area contributed by atoms with Crippen molar-refractivity contribution in [2.45, 2.75) is 57.5 Å². The van der Waals surface area contributed by atoms with Crippen molar-refractivity contribution in [2.75, 3.05) is 6.54 Å². The number of rotatable bonds is 6. The van der Waals surface area contributed by atoms with E-state index in [-0.39, 0.29) is 23.9 Å². The van der Waals surface area contributed by atoms with Gasteiger partial charge in [0.1, 0.15) is 4.83 Å². The van der Waals surface area contributed by atoms with Gasteiger partial charge in [-0.25, -0.2) is 4.98 Å². The van der Waals surface area contributed by atoms with Crippen LogP contribution in [0, 0.1) is 5.92 Å². The second kappa shape index (κ2) is 6.88. The van der Waals surface area contributed by atoms with Crippen molar-refractivity contribution in [3.63, 3.8) is 0 Å².